The van der Waals surface area contributed by atoms with Crippen molar-refractivity contribution in [3.05, 3.63) is 69.7 Å². The minimum absolute atomic E-state index is 0.0410. The molecular formula is C30H36Cl6N2O2. The maximum absolute atomic E-state index is 12.5. The van der Waals surface area contributed by atoms with E-state index in [0.29, 0.717) is 22.9 Å². The monoisotopic (exact) mass is 666 g/mol. The minimum atomic E-state index is -0.967. The van der Waals surface area contributed by atoms with Gasteiger partial charge >= 0.3 is 0 Å². The molecule has 2 aliphatic carbocycles. The van der Waals surface area contributed by atoms with Crippen LogP contribution in [0.1, 0.15) is 77.6 Å². The van der Waals surface area contributed by atoms with E-state index >= 15 is 0 Å². The van der Waals surface area contributed by atoms with E-state index in [1.165, 1.54) is 0 Å². The maximum Gasteiger partial charge on any atom is 0.230 e. The van der Waals surface area contributed by atoms with Crippen molar-refractivity contribution in [2.24, 2.45) is 22.7 Å². The molecule has 10 heteroatoms. The number of hydrogen-bond donors (Lipinski definition) is 2. The highest BCUT2D eigenvalue weighted by atomic mass is 35.5. The van der Waals surface area contributed by atoms with Crippen LogP contribution in [-0.2, 0) is 9.59 Å². The number of benzene rings is 2. The molecule has 4 nitrogen and oxygen atoms in total. The van der Waals surface area contributed by atoms with E-state index < -0.39 is 19.5 Å². The van der Waals surface area contributed by atoms with E-state index in [0.717, 1.165) is 11.1 Å². The van der Waals surface area contributed by atoms with E-state index in [2.05, 4.69) is 10.6 Å². The Labute approximate surface area is 267 Å². The lowest BCUT2D eigenvalue weighted by atomic mass is 9.98. The van der Waals surface area contributed by atoms with Crippen LogP contribution in [0.3, 0.4) is 0 Å². The summed E-state index contributed by atoms with van der Waals surface area (Å²) in [5.41, 5.74) is 0.627. The van der Waals surface area contributed by atoms with Gasteiger partial charge in [0.1, 0.15) is 8.67 Å². The third kappa shape index (κ3) is 5.83. The van der Waals surface area contributed by atoms with Gasteiger partial charge in [-0.2, -0.15) is 0 Å². The molecular weight excluding hydrogens is 633 g/mol. The smallest absolute Gasteiger partial charge is 0.230 e. The summed E-state index contributed by atoms with van der Waals surface area (Å²) in [4.78, 5) is 25.1. The van der Waals surface area contributed by atoms with Crippen LogP contribution in [0.4, 0.5) is 0 Å². The van der Waals surface area contributed by atoms with Gasteiger partial charge < -0.3 is 10.6 Å². The van der Waals surface area contributed by atoms with Gasteiger partial charge in [0.15, 0.2) is 0 Å². The van der Waals surface area contributed by atoms with Crippen molar-refractivity contribution in [2.45, 2.75) is 75.1 Å². The molecule has 40 heavy (non-hydrogen) atoms. The highest BCUT2D eigenvalue weighted by Crippen LogP contribution is 2.71. The topological polar surface area (TPSA) is 58.2 Å². The van der Waals surface area contributed by atoms with E-state index in [1.807, 2.05) is 90.1 Å². The number of rotatable bonds is 8. The van der Waals surface area contributed by atoms with Crippen molar-refractivity contribution in [1.29, 1.82) is 0 Å². The highest BCUT2D eigenvalue weighted by Gasteiger charge is 2.77. The fraction of sp³-hybridized carbons (Fsp3) is 0.533. The van der Waals surface area contributed by atoms with Crippen LogP contribution in [0.15, 0.2) is 48.5 Å². The number of amides is 2. The first-order valence-electron chi connectivity index (χ1n) is 13.4. The molecule has 2 saturated carbocycles. The summed E-state index contributed by atoms with van der Waals surface area (Å²) in [6.45, 7) is 11.6. The second-order valence-electron chi connectivity index (χ2n) is 10.8. The highest BCUT2D eigenvalue weighted by molar-refractivity contribution is 6.54. The third-order valence-corrected chi connectivity index (χ3v) is 12.1. The molecule has 2 amide bonds. The van der Waals surface area contributed by atoms with Gasteiger partial charge in [-0.05, 0) is 62.1 Å². The quantitative estimate of drug-likeness (QED) is 0.275. The molecule has 0 saturated heterocycles. The molecule has 4 rings (SSSR count). The SMILES string of the molecule is CC[C@@]1(C(=O)N[C@H](C)c2ccc(Cl)cc2)[C@@H](C)C1(Cl)Cl.CC[C@@]1(C(=O)N[C@H](C)c2ccc(Cl)cc2)[C@@H](C)C1(Cl)Cl. The zero-order valence-corrected chi connectivity index (χ0v) is 28.0. The first-order chi connectivity index (χ1) is 18.5. The number of alkyl halides is 4. The van der Waals surface area contributed by atoms with Crippen molar-refractivity contribution in [1.82, 2.24) is 10.6 Å². The third-order valence-electron chi connectivity index (χ3n) is 8.95. The van der Waals surface area contributed by atoms with Crippen molar-refractivity contribution >= 4 is 81.4 Å². The first-order valence-corrected chi connectivity index (χ1v) is 15.7. The van der Waals surface area contributed by atoms with Gasteiger partial charge in [-0.1, -0.05) is 75.2 Å². The van der Waals surface area contributed by atoms with Crippen LogP contribution in [0.5, 0.6) is 0 Å². The zero-order valence-electron chi connectivity index (χ0n) is 23.4. The molecule has 2 aromatic carbocycles. The average molecular weight is 669 g/mol. The molecule has 0 bridgehead atoms. The summed E-state index contributed by atoms with van der Waals surface area (Å²) in [5, 5.41) is 7.36. The fourth-order valence-electron chi connectivity index (χ4n) is 5.70. The van der Waals surface area contributed by atoms with Crippen molar-refractivity contribution < 1.29 is 9.59 Å². The Bertz CT molecular complexity index is 1120. The Kier molecular flexibility index (Phi) is 10.4. The lowest BCUT2D eigenvalue weighted by Crippen LogP contribution is -2.36. The van der Waals surface area contributed by atoms with E-state index in [4.69, 9.17) is 69.6 Å². The Balaban J connectivity index is 0.000000220. The molecule has 0 unspecified atom stereocenters. The summed E-state index contributed by atoms with van der Waals surface area (Å²) in [6.07, 6.45) is 1.25. The van der Waals surface area contributed by atoms with Crippen LogP contribution in [0.25, 0.3) is 0 Å². The molecule has 2 aromatic rings. The summed E-state index contributed by atoms with van der Waals surface area (Å²) >= 11 is 36.7. The van der Waals surface area contributed by atoms with Crippen LogP contribution < -0.4 is 10.6 Å². The minimum Gasteiger partial charge on any atom is -0.349 e. The number of hydrogen-bond acceptors (Lipinski definition) is 2. The summed E-state index contributed by atoms with van der Waals surface area (Å²) in [6, 6.07) is 14.6. The molecule has 0 aromatic heterocycles. The Morgan fingerprint density at radius 2 is 0.925 bits per heavy atom. The van der Waals surface area contributed by atoms with Crippen molar-refractivity contribution in [2.75, 3.05) is 0 Å². The van der Waals surface area contributed by atoms with Gasteiger partial charge in [0, 0.05) is 21.9 Å². The normalized spacial score (nSPS) is 28.8. The van der Waals surface area contributed by atoms with Gasteiger partial charge in [0.2, 0.25) is 11.8 Å². The molecule has 0 spiro atoms. The molecule has 2 N–H and O–H groups in total. The molecule has 0 radical (unpaired) electrons. The Morgan fingerprint density at radius 3 is 1.12 bits per heavy atom. The second kappa shape index (κ2) is 12.4. The summed E-state index contributed by atoms with van der Waals surface area (Å²) in [7, 11) is 0. The largest absolute Gasteiger partial charge is 0.349 e. The van der Waals surface area contributed by atoms with Crippen LogP contribution in [0, 0.1) is 22.7 Å². The lowest BCUT2D eigenvalue weighted by Gasteiger charge is -2.21. The van der Waals surface area contributed by atoms with Gasteiger partial charge in [0.05, 0.1) is 22.9 Å². The Morgan fingerprint density at radius 1 is 0.675 bits per heavy atom. The fourth-order valence-corrected chi connectivity index (χ4v) is 8.01. The van der Waals surface area contributed by atoms with Gasteiger partial charge in [-0.25, -0.2) is 0 Å². The molecule has 6 atom stereocenters. The number of carbonyl (C=O) groups is 2. The predicted octanol–water partition coefficient (Wildman–Crippen LogP) is 9.47. The summed E-state index contributed by atoms with van der Waals surface area (Å²) in [5.74, 6) is -0.249. The second-order valence-corrected chi connectivity index (χ2v) is 14.5. The van der Waals surface area contributed by atoms with Crippen LogP contribution in [-0.4, -0.2) is 20.5 Å². The van der Waals surface area contributed by atoms with Crippen LogP contribution in [0.2, 0.25) is 10.0 Å². The number of halogens is 6. The lowest BCUT2D eigenvalue weighted by molar-refractivity contribution is -0.128. The molecule has 0 aliphatic heterocycles. The van der Waals surface area contributed by atoms with E-state index in [1.54, 1.807) is 0 Å². The molecule has 2 aliphatic rings. The maximum atomic E-state index is 12.5. The van der Waals surface area contributed by atoms with E-state index in [9.17, 15) is 9.59 Å². The standard InChI is InChI=1S/2C15H18Cl3NO/c2*1-4-14(10(3)15(14,17)18)13(20)19-9(2)11-5-7-12(16)8-6-11/h2*5-10H,4H2,1-3H3,(H,19,20)/t2*9-,10-,14+/m11/s1. The van der Waals surface area contributed by atoms with E-state index in [-0.39, 0.29) is 35.7 Å². The molecule has 2 fully saturated rings. The number of carbonyl (C=O) groups excluding carboxylic acids is 2. The first kappa shape index (κ1) is 33.6. The predicted molar refractivity (Wildman–Crippen MR) is 169 cm³/mol. The number of nitrogens with one attached hydrogen (secondary N) is 2. The molecule has 220 valence electrons. The van der Waals surface area contributed by atoms with Gasteiger partial charge in [0.25, 0.3) is 0 Å². The molecule has 0 heterocycles. The summed E-state index contributed by atoms with van der Waals surface area (Å²) < 4.78 is -1.93. The average Bonchev–Trinajstić information content (AvgIpc) is 3.57. The van der Waals surface area contributed by atoms with Crippen molar-refractivity contribution in [3.8, 4) is 0 Å². The van der Waals surface area contributed by atoms with Gasteiger partial charge in [-0.3, -0.25) is 9.59 Å². The zero-order chi connectivity index (χ0) is 30.3. The van der Waals surface area contributed by atoms with Crippen LogP contribution >= 0.6 is 69.6 Å². The van der Waals surface area contributed by atoms with Gasteiger partial charge in [-0.15, -0.1) is 46.4 Å². The van der Waals surface area contributed by atoms with Crippen molar-refractivity contribution in [3.63, 3.8) is 0 Å². The Hall–Kier alpha value is -0.880.